The number of fused-ring (bicyclic) bond motifs is 4. The van der Waals surface area contributed by atoms with Gasteiger partial charge >= 0.3 is 0 Å². The molecule has 4 aromatic heterocycles. The van der Waals surface area contributed by atoms with Gasteiger partial charge in [-0.2, -0.15) is 5.10 Å². The fourth-order valence-corrected chi connectivity index (χ4v) is 7.55. The van der Waals surface area contributed by atoms with Crippen molar-refractivity contribution in [2.75, 3.05) is 24.6 Å². The van der Waals surface area contributed by atoms with Crippen LogP contribution in [0.2, 0.25) is 5.02 Å². The minimum absolute atomic E-state index is 0.121. The molecule has 5 heterocycles. The van der Waals surface area contributed by atoms with Gasteiger partial charge in [0.05, 0.1) is 34.9 Å². The molecule has 0 bridgehead atoms. The summed E-state index contributed by atoms with van der Waals surface area (Å²) >= 11 is 5.98. The molecular weight excluding hydrogens is 545 g/mol. The fourth-order valence-electron chi connectivity index (χ4n) is 5.60. The maximum Gasteiger partial charge on any atom is 0.245 e. The van der Waals surface area contributed by atoms with Gasteiger partial charge in [-0.1, -0.05) is 17.7 Å². The van der Waals surface area contributed by atoms with Crippen molar-refractivity contribution in [2.24, 2.45) is 11.8 Å². The Labute approximate surface area is 227 Å². The highest BCUT2D eigenvalue weighted by atomic mass is 35.5. The van der Waals surface area contributed by atoms with E-state index >= 15 is 0 Å². The van der Waals surface area contributed by atoms with Crippen LogP contribution in [0.15, 0.2) is 59.9 Å². The van der Waals surface area contributed by atoms with E-state index in [2.05, 4.69) is 24.9 Å². The van der Waals surface area contributed by atoms with Crippen LogP contribution in [0.3, 0.4) is 0 Å². The summed E-state index contributed by atoms with van der Waals surface area (Å²) in [5.74, 6) is 0.891. The number of halogens is 2. The monoisotopic (exact) mass is 567 g/mol. The summed E-state index contributed by atoms with van der Waals surface area (Å²) < 4.78 is 50.0. The largest absolute Gasteiger partial charge is 0.492 e. The summed E-state index contributed by atoms with van der Waals surface area (Å²) in [6, 6.07) is 9.54. The van der Waals surface area contributed by atoms with Crippen LogP contribution in [0, 0.1) is 17.7 Å². The average Bonchev–Trinajstić information content (AvgIpc) is 3.32. The van der Waals surface area contributed by atoms with Gasteiger partial charge in [-0.25, -0.2) is 27.0 Å². The number of piperidine rings is 1. The first kappa shape index (κ1) is 24.3. The van der Waals surface area contributed by atoms with Gasteiger partial charge in [0.1, 0.15) is 22.3 Å². The molecule has 0 amide bonds. The van der Waals surface area contributed by atoms with Gasteiger partial charge in [0.2, 0.25) is 10.0 Å². The lowest BCUT2D eigenvalue weighted by molar-refractivity contribution is 0.338. The quantitative estimate of drug-likeness (QED) is 0.306. The molecule has 7 rings (SSSR count). The van der Waals surface area contributed by atoms with Gasteiger partial charge in [0, 0.05) is 36.5 Å². The number of ether oxygens (including phenoxy) is 1. The molecule has 1 aliphatic carbocycles. The van der Waals surface area contributed by atoms with Crippen molar-refractivity contribution in [1.82, 2.24) is 29.5 Å². The number of aromatic nitrogens is 5. The zero-order chi connectivity index (χ0) is 26.9. The Balaban J connectivity index is 1.10. The first-order valence-corrected chi connectivity index (χ1v) is 14.4. The predicted molar refractivity (Wildman–Crippen MR) is 144 cm³/mol. The minimum Gasteiger partial charge on any atom is -0.492 e. The molecule has 200 valence electrons. The topological polar surface area (TPSA) is 118 Å². The number of anilines is 1. The Morgan fingerprint density at radius 1 is 1.21 bits per heavy atom. The summed E-state index contributed by atoms with van der Waals surface area (Å²) in [5, 5.41) is 12.4. The first-order chi connectivity index (χ1) is 18.8. The van der Waals surface area contributed by atoms with Crippen LogP contribution in [0.1, 0.15) is 6.92 Å². The Hall–Kier alpha value is -3.74. The SMILES string of the molecule is CCOc1cc(-c2ccc(N3C[C@@H]4C(NS(=O)(=O)c5c(F)cccc5Cl)[C@@H]4C3)nc2)c2c3cn[nH]c3nn2c1. The Kier molecular flexibility index (Phi) is 5.55. The number of pyridine rings is 2. The van der Waals surface area contributed by atoms with Crippen LogP contribution in [-0.2, 0) is 10.0 Å². The lowest BCUT2D eigenvalue weighted by Gasteiger charge is -2.21. The van der Waals surface area contributed by atoms with Crippen molar-refractivity contribution in [3.63, 3.8) is 0 Å². The third-order valence-corrected chi connectivity index (χ3v) is 9.43. The first-order valence-electron chi connectivity index (χ1n) is 12.5. The number of H-pyrrole nitrogens is 1. The summed E-state index contributed by atoms with van der Waals surface area (Å²) in [7, 11) is -4.07. The van der Waals surface area contributed by atoms with E-state index in [1.54, 1.807) is 10.7 Å². The van der Waals surface area contributed by atoms with E-state index in [-0.39, 0.29) is 22.9 Å². The molecule has 0 radical (unpaired) electrons. The molecule has 1 saturated carbocycles. The van der Waals surface area contributed by atoms with E-state index < -0.39 is 20.7 Å². The lowest BCUT2D eigenvalue weighted by atomic mass is 10.1. The summed E-state index contributed by atoms with van der Waals surface area (Å²) in [5.41, 5.74) is 3.43. The van der Waals surface area contributed by atoms with Crippen LogP contribution >= 0.6 is 11.6 Å². The highest BCUT2D eigenvalue weighted by Gasteiger charge is 2.57. The minimum atomic E-state index is -4.07. The van der Waals surface area contributed by atoms with Crippen molar-refractivity contribution < 1.29 is 17.5 Å². The predicted octanol–water partition coefficient (Wildman–Crippen LogP) is 3.88. The van der Waals surface area contributed by atoms with Crippen LogP contribution < -0.4 is 14.4 Å². The van der Waals surface area contributed by atoms with E-state index in [1.165, 1.54) is 12.1 Å². The number of benzene rings is 1. The van der Waals surface area contributed by atoms with E-state index in [1.807, 2.05) is 37.5 Å². The second-order valence-electron chi connectivity index (χ2n) is 9.78. The maximum atomic E-state index is 14.2. The molecule has 10 nitrogen and oxygen atoms in total. The number of sulfonamides is 1. The highest BCUT2D eigenvalue weighted by molar-refractivity contribution is 7.89. The van der Waals surface area contributed by atoms with Crippen molar-refractivity contribution >= 4 is 44.0 Å². The smallest absolute Gasteiger partial charge is 0.245 e. The van der Waals surface area contributed by atoms with Gasteiger partial charge in [0.25, 0.3) is 0 Å². The number of nitrogens with one attached hydrogen (secondary N) is 2. The van der Waals surface area contributed by atoms with Gasteiger partial charge in [-0.15, -0.1) is 5.10 Å². The molecule has 0 spiro atoms. The van der Waals surface area contributed by atoms with Crippen LogP contribution in [0.25, 0.3) is 27.7 Å². The number of nitrogens with zero attached hydrogens (tertiary/aromatic N) is 5. The van der Waals surface area contributed by atoms with Crippen molar-refractivity contribution in [3.05, 3.63) is 65.8 Å². The molecule has 13 heteroatoms. The third-order valence-electron chi connectivity index (χ3n) is 7.47. The highest BCUT2D eigenvalue weighted by Crippen LogP contribution is 2.47. The summed E-state index contributed by atoms with van der Waals surface area (Å²) in [6.07, 6.45) is 5.42. The van der Waals surface area contributed by atoms with Crippen LogP contribution in [-0.4, -0.2) is 59.0 Å². The molecule has 1 aliphatic heterocycles. The normalized spacial score (nSPS) is 20.6. The van der Waals surface area contributed by atoms with Gasteiger partial charge in [-0.05, 0) is 49.1 Å². The fraction of sp³-hybridized carbons (Fsp3) is 0.269. The molecule has 2 N–H and O–H groups in total. The Morgan fingerprint density at radius 3 is 2.74 bits per heavy atom. The maximum absolute atomic E-state index is 14.2. The second-order valence-corrected chi connectivity index (χ2v) is 11.8. The molecule has 39 heavy (non-hydrogen) atoms. The van der Waals surface area contributed by atoms with E-state index in [9.17, 15) is 12.8 Å². The molecule has 1 aromatic carbocycles. The zero-order valence-corrected chi connectivity index (χ0v) is 22.2. The van der Waals surface area contributed by atoms with Gasteiger partial charge in [-0.3, -0.25) is 5.10 Å². The average molecular weight is 568 g/mol. The number of aromatic amines is 1. The van der Waals surface area contributed by atoms with Crippen molar-refractivity contribution in [3.8, 4) is 16.9 Å². The molecule has 1 saturated heterocycles. The zero-order valence-electron chi connectivity index (χ0n) is 20.7. The summed E-state index contributed by atoms with van der Waals surface area (Å²) in [6.45, 7) is 3.77. The molecule has 1 unspecified atom stereocenters. The lowest BCUT2D eigenvalue weighted by Crippen LogP contribution is -2.35. The third kappa shape index (κ3) is 4.01. The molecule has 3 atom stereocenters. The van der Waals surface area contributed by atoms with E-state index in [0.717, 1.165) is 33.9 Å². The van der Waals surface area contributed by atoms with Crippen LogP contribution in [0.5, 0.6) is 5.75 Å². The Morgan fingerprint density at radius 2 is 2.03 bits per heavy atom. The molecule has 2 fully saturated rings. The number of rotatable bonds is 7. The van der Waals surface area contributed by atoms with E-state index in [0.29, 0.717) is 31.1 Å². The molecule has 2 aliphatic rings. The van der Waals surface area contributed by atoms with Crippen molar-refractivity contribution in [1.29, 1.82) is 0 Å². The Bertz CT molecular complexity index is 1810. The van der Waals surface area contributed by atoms with Gasteiger partial charge in [0.15, 0.2) is 5.65 Å². The van der Waals surface area contributed by atoms with E-state index in [4.69, 9.17) is 21.3 Å². The molecule has 5 aromatic rings. The number of hydrogen-bond donors (Lipinski definition) is 2. The van der Waals surface area contributed by atoms with Gasteiger partial charge < -0.3 is 9.64 Å². The number of hydrogen-bond acceptors (Lipinski definition) is 7. The molecular formula is C26H23ClFN7O3S. The van der Waals surface area contributed by atoms with Crippen molar-refractivity contribution in [2.45, 2.75) is 17.9 Å². The standard InChI is InChI=1S/C26H23ClFN7O3S/c1-2-38-15-8-16(24-17-10-30-31-26(17)32-35(24)11-15)14-6-7-22(29-9-14)34-12-18-19(13-34)23(18)33-39(36,37)25-20(27)4-3-5-21(25)28/h3-11,18-19,23,33H,2,12-13H2,1H3,(H,31,32)/t18-,19+,23?. The summed E-state index contributed by atoms with van der Waals surface area (Å²) in [4.78, 5) is 6.36. The van der Waals surface area contributed by atoms with Crippen LogP contribution in [0.4, 0.5) is 10.2 Å². The second kappa shape index (κ2) is 8.90.